The highest BCUT2D eigenvalue weighted by atomic mass is 16.5. The van der Waals surface area contributed by atoms with Crippen molar-refractivity contribution in [3.05, 3.63) is 23.3 Å². The zero-order valence-corrected chi connectivity index (χ0v) is 11.5. The van der Waals surface area contributed by atoms with Gasteiger partial charge in [0, 0.05) is 17.5 Å². The first-order valence-corrected chi connectivity index (χ1v) is 6.49. The van der Waals surface area contributed by atoms with Gasteiger partial charge in [-0.1, -0.05) is 0 Å². The molecule has 0 spiro atoms. The van der Waals surface area contributed by atoms with Crippen molar-refractivity contribution in [3.8, 4) is 11.5 Å². The lowest BCUT2D eigenvalue weighted by molar-refractivity contribution is -0.120. The van der Waals surface area contributed by atoms with Crippen LogP contribution < -0.4 is 20.5 Å². The van der Waals surface area contributed by atoms with Crippen LogP contribution in [0.3, 0.4) is 0 Å². The molecule has 19 heavy (non-hydrogen) atoms. The van der Waals surface area contributed by atoms with E-state index in [1.54, 1.807) is 7.05 Å². The molecule has 3 N–H and O–H groups in total. The van der Waals surface area contributed by atoms with E-state index < -0.39 is 11.9 Å². The Balaban J connectivity index is 2.46. The number of likely N-dealkylation sites (N-methyl/N-ethyl adjacent to an activating group) is 1. The van der Waals surface area contributed by atoms with Gasteiger partial charge in [-0.3, -0.25) is 4.79 Å². The van der Waals surface area contributed by atoms with Gasteiger partial charge in [0.1, 0.15) is 23.6 Å². The smallest absolute Gasteiger partial charge is 0.239 e. The summed E-state index contributed by atoms with van der Waals surface area (Å²) in [5.41, 5.74) is 7.26. The van der Waals surface area contributed by atoms with Gasteiger partial charge in [-0.2, -0.15) is 0 Å². The number of carbonyl (C=O) groups excluding carboxylic acids is 1. The fourth-order valence-electron chi connectivity index (χ4n) is 2.41. The Labute approximate surface area is 113 Å². The van der Waals surface area contributed by atoms with Gasteiger partial charge in [0.05, 0.1) is 6.61 Å². The van der Waals surface area contributed by atoms with E-state index in [0.717, 1.165) is 23.3 Å². The minimum atomic E-state index is -0.577. The van der Waals surface area contributed by atoms with Crippen molar-refractivity contribution in [2.75, 3.05) is 13.7 Å². The highest BCUT2D eigenvalue weighted by molar-refractivity contribution is 5.82. The summed E-state index contributed by atoms with van der Waals surface area (Å²) in [6, 6.07) is 3.23. The van der Waals surface area contributed by atoms with Crippen LogP contribution in [0, 0.1) is 0 Å². The van der Waals surface area contributed by atoms with Crippen LogP contribution in [-0.2, 0) is 11.2 Å². The third-order valence-corrected chi connectivity index (χ3v) is 3.21. The molecule has 1 aromatic carbocycles. The van der Waals surface area contributed by atoms with Crippen LogP contribution in [0.1, 0.15) is 31.0 Å². The van der Waals surface area contributed by atoms with E-state index in [4.69, 9.17) is 15.2 Å². The van der Waals surface area contributed by atoms with E-state index in [1.165, 1.54) is 0 Å². The van der Waals surface area contributed by atoms with Crippen molar-refractivity contribution in [3.63, 3.8) is 0 Å². The van der Waals surface area contributed by atoms with E-state index in [0.29, 0.717) is 12.4 Å². The molecule has 2 atom stereocenters. The number of fused-ring (bicyclic) bond motifs is 1. The maximum Gasteiger partial charge on any atom is 0.239 e. The fraction of sp³-hybridized carbons (Fsp3) is 0.500. The molecule has 0 bridgehead atoms. The Hall–Kier alpha value is -1.75. The SMILES string of the molecule is CCOc1cc2c(cc1C(NC)C(N)=O)OC(C)C2. The second-order valence-electron chi connectivity index (χ2n) is 4.69. The summed E-state index contributed by atoms with van der Waals surface area (Å²) in [7, 11) is 1.70. The largest absolute Gasteiger partial charge is 0.494 e. The fourth-order valence-corrected chi connectivity index (χ4v) is 2.41. The normalized spacial score (nSPS) is 18.6. The number of hydrogen-bond donors (Lipinski definition) is 2. The van der Waals surface area contributed by atoms with Crippen LogP contribution in [0.4, 0.5) is 0 Å². The number of carbonyl (C=O) groups is 1. The molecule has 1 aromatic rings. The van der Waals surface area contributed by atoms with E-state index in [2.05, 4.69) is 5.32 Å². The summed E-state index contributed by atoms with van der Waals surface area (Å²) in [4.78, 5) is 11.5. The number of ether oxygens (including phenoxy) is 2. The van der Waals surface area contributed by atoms with Gasteiger partial charge in [0.2, 0.25) is 5.91 Å². The summed E-state index contributed by atoms with van der Waals surface area (Å²) in [6.45, 7) is 4.47. The first kappa shape index (κ1) is 13.7. The highest BCUT2D eigenvalue weighted by Gasteiger charge is 2.26. The molecule has 104 valence electrons. The van der Waals surface area contributed by atoms with Gasteiger partial charge in [-0.25, -0.2) is 0 Å². The van der Waals surface area contributed by atoms with Gasteiger partial charge in [-0.15, -0.1) is 0 Å². The third-order valence-electron chi connectivity index (χ3n) is 3.21. The highest BCUT2D eigenvalue weighted by Crippen LogP contribution is 2.37. The molecular formula is C14H20N2O3. The van der Waals surface area contributed by atoms with E-state index in [-0.39, 0.29) is 6.10 Å². The molecular weight excluding hydrogens is 244 g/mol. The Morgan fingerprint density at radius 1 is 1.63 bits per heavy atom. The number of amides is 1. The molecule has 0 fully saturated rings. The zero-order chi connectivity index (χ0) is 14.0. The number of rotatable bonds is 5. The topological polar surface area (TPSA) is 73.6 Å². The van der Waals surface area contributed by atoms with Gasteiger partial charge in [0.15, 0.2) is 0 Å². The maximum atomic E-state index is 11.5. The minimum absolute atomic E-state index is 0.154. The van der Waals surface area contributed by atoms with Crippen molar-refractivity contribution in [2.45, 2.75) is 32.4 Å². The molecule has 1 aliphatic rings. The molecule has 2 unspecified atom stereocenters. The first-order chi connectivity index (χ1) is 9.06. The molecule has 1 amide bonds. The predicted molar refractivity (Wildman–Crippen MR) is 72.4 cm³/mol. The second-order valence-corrected chi connectivity index (χ2v) is 4.69. The molecule has 1 aliphatic heterocycles. The van der Waals surface area contributed by atoms with Crippen LogP contribution in [-0.4, -0.2) is 25.7 Å². The van der Waals surface area contributed by atoms with E-state index in [1.807, 2.05) is 26.0 Å². The van der Waals surface area contributed by atoms with Gasteiger partial charge in [0.25, 0.3) is 0 Å². The average molecular weight is 264 g/mol. The molecule has 1 heterocycles. The molecule has 0 saturated carbocycles. The van der Waals surface area contributed by atoms with Crippen LogP contribution in [0.15, 0.2) is 12.1 Å². The molecule has 0 aromatic heterocycles. The predicted octanol–water partition coefficient (Wildman–Crippen LogP) is 1.15. The van der Waals surface area contributed by atoms with Gasteiger partial charge < -0.3 is 20.5 Å². The van der Waals surface area contributed by atoms with Crippen molar-refractivity contribution in [2.24, 2.45) is 5.73 Å². The maximum absolute atomic E-state index is 11.5. The Bertz CT molecular complexity index is 488. The quantitative estimate of drug-likeness (QED) is 0.837. The number of hydrogen-bond acceptors (Lipinski definition) is 4. The summed E-state index contributed by atoms with van der Waals surface area (Å²) in [5, 5.41) is 2.91. The monoisotopic (exact) mass is 264 g/mol. The lowest BCUT2D eigenvalue weighted by atomic mass is 10.0. The van der Waals surface area contributed by atoms with E-state index >= 15 is 0 Å². The number of nitrogens with two attached hydrogens (primary N) is 1. The van der Waals surface area contributed by atoms with Crippen LogP contribution in [0.2, 0.25) is 0 Å². The van der Waals surface area contributed by atoms with E-state index in [9.17, 15) is 4.79 Å². The Kier molecular flexibility index (Phi) is 3.95. The molecule has 5 nitrogen and oxygen atoms in total. The van der Waals surface area contributed by atoms with Crippen LogP contribution >= 0.6 is 0 Å². The van der Waals surface area contributed by atoms with Crippen molar-refractivity contribution in [1.82, 2.24) is 5.32 Å². The Morgan fingerprint density at radius 3 is 2.95 bits per heavy atom. The average Bonchev–Trinajstić information content (AvgIpc) is 2.69. The van der Waals surface area contributed by atoms with Crippen molar-refractivity contribution in [1.29, 1.82) is 0 Å². The van der Waals surface area contributed by atoms with Crippen molar-refractivity contribution < 1.29 is 14.3 Å². The van der Waals surface area contributed by atoms with Crippen LogP contribution in [0.5, 0.6) is 11.5 Å². The van der Waals surface area contributed by atoms with Crippen molar-refractivity contribution >= 4 is 5.91 Å². The third kappa shape index (κ3) is 2.66. The summed E-state index contributed by atoms with van der Waals surface area (Å²) in [5.74, 6) is 1.07. The Morgan fingerprint density at radius 2 is 2.37 bits per heavy atom. The molecule has 2 rings (SSSR count). The second kappa shape index (κ2) is 5.48. The number of primary amides is 1. The van der Waals surface area contributed by atoms with Gasteiger partial charge in [-0.05, 0) is 33.0 Å². The number of nitrogens with one attached hydrogen (secondary N) is 1. The summed E-state index contributed by atoms with van der Waals surface area (Å²) >= 11 is 0. The standard InChI is InChI=1S/C14H20N2O3/c1-4-18-12-6-9-5-8(2)19-11(9)7-10(12)13(16-3)14(15)17/h6-8,13,16H,4-5H2,1-3H3,(H2,15,17). The number of benzene rings is 1. The molecule has 0 radical (unpaired) electrons. The molecule has 5 heteroatoms. The summed E-state index contributed by atoms with van der Waals surface area (Å²) < 4.78 is 11.3. The zero-order valence-electron chi connectivity index (χ0n) is 11.5. The van der Waals surface area contributed by atoms with Gasteiger partial charge >= 0.3 is 0 Å². The lowest BCUT2D eigenvalue weighted by Crippen LogP contribution is -2.31. The summed E-state index contributed by atoms with van der Waals surface area (Å²) in [6.07, 6.45) is 1.01. The first-order valence-electron chi connectivity index (χ1n) is 6.49. The minimum Gasteiger partial charge on any atom is -0.494 e. The van der Waals surface area contributed by atoms with Crippen LogP contribution in [0.25, 0.3) is 0 Å². The molecule has 0 aliphatic carbocycles. The lowest BCUT2D eigenvalue weighted by Gasteiger charge is -2.18. The molecule has 0 saturated heterocycles.